The molecule has 0 atom stereocenters. The van der Waals surface area contributed by atoms with Crippen LogP contribution in [-0.2, 0) is 0 Å². The van der Waals surface area contributed by atoms with Crippen molar-refractivity contribution in [1.82, 2.24) is 4.98 Å². The second-order valence-electron chi connectivity index (χ2n) is 5.41. The number of nitrogens with one attached hydrogen (secondary N) is 1. The second-order valence-corrected chi connectivity index (χ2v) is 5.85. The van der Waals surface area contributed by atoms with Gasteiger partial charge in [0.05, 0.1) is 5.56 Å². The van der Waals surface area contributed by atoms with Gasteiger partial charge in [0.1, 0.15) is 10.8 Å². The molecule has 2 rings (SSSR count). The molecule has 1 heterocycles. The van der Waals surface area contributed by atoms with Crippen molar-refractivity contribution in [3.63, 3.8) is 0 Å². The van der Waals surface area contributed by atoms with Crippen LogP contribution in [-0.4, -0.2) is 16.0 Å². The lowest BCUT2D eigenvalue weighted by atomic mass is 9.83. The van der Waals surface area contributed by atoms with E-state index >= 15 is 0 Å². The van der Waals surface area contributed by atoms with Crippen LogP contribution >= 0.6 is 12.2 Å². The molecular weight excluding hydrogens is 254 g/mol. The van der Waals surface area contributed by atoms with Crippen LogP contribution < -0.4 is 11.1 Å². The lowest BCUT2D eigenvalue weighted by Crippen LogP contribution is -2.28. The van der Waals surface area contributed by atoms with Gasteiger partial charge < -0.3 is 11.1 Å². The second kappa shape index (κ2) is 6.85. The van der Waals surface area contributed by atoms with Crippen molar-refractivity contribution < 1.29 is 0 Å². The number of hydrogen-bond acceptors (Lipinski definition) is 3. The predicted octanol–water partition coefficient (Wildman–Crippen LogP) is 3.49. The average molecular weight is 277 g/mol. The Morgan fingerprint density at radius 2 is 2.16 bits per heavy atom. The van der Waals surface area contributed by atoms with E-state index in [1.54, 1.807) is 6.20 Å². The quantitative estimate of drug-likeness (QED) is 0.809. The summed E-state index contributed by atoms with van der Waals surface area (Å²) in [6.07, 6.45) is 9.54. The van der Waals surface area contributed by atoms with Crippen LogP contribution in [0.5, 0.6) is 0 Å². The highest BCUT2D eigenvalue weighted by Crippen LogP contribution is 2.29. The molecule has 104 valence electrons. The number of anilines is 1. The molecule has 1 saturated carbocycles. The maximum Gasteiger partial charge on any atom is 0.136 e. The molecule has 1 aromatic heterocycles. The van der Waals surface area contributed by atoms with Gasteiger partial charge >= 0.3 is 0 Å². The van der Waals surface area contributed by atoms with E-state index in [2.05, 4.69) is 17.2 Å². The Labute approximate surface area is 121 Å². The van der Waals surface area contributed by atoms with Crippen molar-refractivity contribution >= 4 is 23.0 Å². The lowest BCUT2D eigenvalue weighted by molar-refractivity contribution is 0.318. The fourth-order valence-electron chi connectivity index (χ4n) is 2.92. The molecule has 0 spiro atoms. The van der Waals surface area contributed by atoms with E-state index in [-0.39, 0.29) is 0 Å². The van der Waals surface area contributed by atoms with Gasteiger partial charge in [-0.3, -0.25) is 0 Å². The number of nitrogens with zero attached hydrogens (tertiary/aromatic N) is 1. The van der Waals surface area contributed by atoms with Gasteiger partial charge in [-0.05, 0) is 43.7 Å². The summed E-state index contributed by atoms with van der Waals surface area (Å²) in [6, 6.07) is 4.31. The minimum atomic E-state index is 0.412. The van der Waals surface area contributed by atoms with Gasteiger partial charge in [0.25, 0.3) is 0 Å². The third-order valence-corrected chi connectivity index (χ3v) is 4.18. The van der Waals surface area contributed by atoms with Gasteiger partial charge in [-0.15, -0.1) is 0 Å². The maximum atomic E-state index is 5.73. The number of pyridine rings is 1. The number of nitrogens with two attached hydrogens (primary N) is 1. The highest BCUT2D eigenvalue weighted by molar-refractivity contribution is 7.80. The summed E-state index contributed by atoms with van der Waals surface area (Å²) in [4.78, 5) is 4.78. The molecule has 3 N–H and O–H groups in total. The van der Waals surface area contributed by atoms with Gasteiger partial charge in [-0.2, -0.15) is 0 Å². The summed E-state index contributed by atoms with van der Waals surface area (Å²) < 4.78 is 0. The SMILES string of the molecule is CCCC1CCC(Nc2ncccc2C(N)=S)CC1. The summed E-state index contributed by atoms with van der Waals surface area (Å²) in [5, 5.41) is 3.51. The third-order valence-electron chi connectivity index (χ3n) is 3.96. The van der Waals surface area contributed by atoms with Crippen LogP contribution in [0.25, 0.3) is 0 Å². The molecule has 0 bridgehead atoms. The molecule has 4 heteroatoms. The van der Waals surface area contributed by atoms with Gasteiger partial charge in [-0.1, -0.05) is 32.0 Å². The van der Waals surface area contributed by atoms with Crippen molar-refractivity contribution in [2.24, 2.45) is 11.7 Å². The van der Waals surface area contributed by atoms with Gasteiger partial charge in [0.2, 0.25) is 0 Å². The van der Waals surface area contributed by atoms with Crippen LogP contribution in [0, 0.1) is 5.92 Å². The highest BCUT2D eigenvalue weighted by atomic mass is 32.1. The third kappa shape index (κ3) is 3.90. The Kier molecular flexibility index (Phi) is 5.14. The van der Waals surface area contributed by atoms with Crippen LogP contribution in [0.2, 0.25) is 0 Å². The standard InChI is InChI=1S/C15H23N3S/c1-2-4-11-6-8-12(9-7-11)18-15-13(14(16)19)5-3-10-17-15/h3,5,10-12H,2,4,6-9H2,1H3,(H2,16,19)(H,17,18). The Morgan fingerprint density at radius 3 is 2.79 bits per heavy atom. The van der Waals surface area contributed by atoms with Crippen molar-refractivity contribution in [2.75, 3.05) is 5.32 Å². The van der Waals surface area contributed by atoms with Crippen LogP contribution in [0.1, 0.15) is 51.0 Å². The molecule has 0 aliphatic heterocycles. The lowest BCUT2D eigenvalue weighted by Gasteiger charge is -2.29. The van der Waals surface area contributed by atoms with E-state index in [0.29, 0.717) is 11.0 Å². The number of hydrogen-bond donors (Lipinski definition) is 2. The van der Waals surface area contributed by atoms with Gasteiger partial charge in [0.15, 0.2) is 0 Å². The van der Waals surface area contributed by atoms with Gasteiger partial charge in [-0.25, -0.2) is 4.98 Å². The molecule has 3 nitrogen and oxygen atoms in total. The zero-order valence-electron chi connectivity index (χ0n) is 11.6. The molecule has 0 saturated heterocycles. The van der Waals surface area contributed by atoms with Crippen LogP contribution in [0.3, 0.4) is 0 Å². The Bertz CT molecular complexity index is 425. The zero-order chi connectivity index (χ0) is 13.7. The molecule has 0 amide bonds. The van der Waals surface area contributed by atoms with E-state index in [1.165, 1.54) is 38.5 Å². The largest absolute Gasteiger partial charge is 0.389 e. The van der Waals surface area contributed by atoms with E-state index in [0.717, 1.165) is 17.3 Å². The Morgan fingerprint density at radius 1 is 1.42 bits per heavy atom. The first-order valence-electron chi connectivity index (χ1n) is 7.22. The topological polar surface area (TPSA) is 50.9 Å². The normalized spacial score (nSPS) is 23.0. The Hall–Kier alpha value is -1.16. The molecule has 0 unspecified atom stereocenters. The van der Waals surface area contributed by atoms with E-state index in [1.807, 2.05) is 12.1 Å². The summed E-state index contributed by atoms with van der Waals surface area (Å²) >= 11 is 5.07. The van der Waals surface area contributed by atoms with Crippen LogP contribution in [0.15, 0.2) is 18.3 Å². The number of thiocarbonyl (C=S) groups is 1. The van der Waals surface area contributed by atoms with Crippen molar-refractivity contribution in [3.05, 3.63) is 23.9 Å². The predicted molar refractivity (Wildman–Crippen MR) is 84.4 cm³/mol. The van der Waals surface area contributed by atoms with E-state index in [9.17, 15) is 0 Å². The molecule has 19 heavy (non-hydrogen) atoms. The molecule has 1 aliphatic rings. The van der Waals surface area contributed by atoms with E-state index < -0.39 is 0 Å². The zero-order valence-corrected chi connectivity index (χ0v) is 12.4. The summed E-state index contributed by atoms with van der Waals surface area (Å²) in [5.74, 6) is 1.76. The number of rotatable bonds is 5. The van der Waals surface area contributed by atoms with E-state index in [4.69, 9.17) is 18.0 Å². The molecule has 0 aromatic carbocycles. The summed E-state index contributed by atoms with van der Waals surface area (Å²) in [5.41, 5.74) is 6.59. The van der Waals surface area contributed by atoms with Crippen LogP contribution in [0.4, 0.5) is 5.82 Å². The molecule has 1 aromatic rings. The average Bonchev–Trinajstić information content (AvgIpc) is 2.42. The fourth-order valence-corrected chi connectivity index (χ4v) is 3.08. The first kappa shape index (κ1) is 14.3. The first-order valence-corrected chi connectivity index (χ1v) is 7.63. The minimum Gasteiger partial charge on any atom is -0.389 e. The smallest absolute Gasteiger partial charge is 0.136 e. The monoisotopic (exact) mass is 277 g/mol. The van der Waals surface area contributed by atoms with Gasteiger partial charge in [0, 0.05) is 12.2 Å². The van der Waals surface area contributed by atoms with Crippen molar-refractivity contribution in [1.29, 1.82) is 0 Å². The summed E-state index contributed by atoms with van der Waals surface area (Å²) in [6.45, 7) is 2.27. The summed E-state index contributed by atoms with van der Waals surface area (Å²) in [7, 11) is 0. The first-order chi connectivity index (χ1) is 9.20. The minimum absolute atomic E-state index is 0.412. The Balaban J connectivity index is 1.94. The molecular formula is C15H23N3S. The highest BCUT2D eigenvalue weighted by Gasteiger charge is 2.21. The maximum absolute atomic E-state index is 5.73. The number of aromatic nitrogens is 1. The van der Waals surface area contributed by atoms with Crippen molar-refractivity contribution in [2.45, 2.75) is 51.5 Å². The molecule has 0 radical (unpaired) electrons. The molecule has 1 fully saturated rings. The fraction of sp³-hybridized carbons (Fsp3) is 0.600. The molecule has 1 aliphatic carbocycles. The van der Waals surface area contributed by atoms with Crippen molar-refractivity contribution in [3.8, 4) is 0 Å².